The third-order valence-electron chi connectivity index (χ3n) is 4.29. The summed E-state index contributed by atoms with van der Waals surface area (Å²) in [6.07, 6.45) is 5.40. The van der Waals surface area contributed by atoms with Gasteiger partial charge in [-0.1, -0.05) is 37.3 Å². The van der Waals surface area contributed by atoms with Crippen molar-refractivity contribution in [2.24, 2.45) is 5.92 Å². The van der Waals surface area contributed by atoms with E-state index in [1.165, 1.54) is 12.0 Å². The molecule has 0 bridgehead atoms. The maximum atomic E-state index is 11.9. The van der Waals surface area contributed by atoms with Crippen LogP contribution >= 0.6 is 0 Å². The highest BCUT2D eigenvalue weighted by molar-refractivity contribution is 5.78. The fourth-order valence-electron chi connectivity index (χ4n) is 2.96. The number of benzene rings is 1. The summed E-state index contributed by atoms with van der Waals surface area (Å²) in [4.78, 5) is 14.4. The summed E-state index contributed by atoms with van der Waals surface area (Å²) >= 11 is 0. The molecule has 0 radical (unpaired) electrons. The largest absolute Gasteiger partial charge is 0.356 e. The summed E-state index contributed by atoms with van der Waals surface area (Å²) in [7, 11) is 0. The maximum Gasteiger partial charge on any atom is 0.223 e. The van der Waals surface area contributed by atoms with Gasteiger partial charge < -0.3 is 10.2 Å². The van der Waals surface area contributed by atoms with Crippen LogP contribution in [-0.4, -0.2) is 37.0 Å². The summed E-state index contributed by atoms with van der Waals surface area (Å²) in [6, 6.07) is 10.7. The van der Waals surface area contributed by atoms with Crippen molar-refractivity contribution in [1.82, 2.24) is 10.2 Å². The Morgan fingerprint density at radius 3 is 2.62 bits per heavy atom. The number of carbonyl (C=O) groups is 1. The lowest BCUT2D eigenvalue weighted by molar-refractivity contribution is -0.126. The molecule has 0 unspecified atom stereocenters. The number of aryl methyl sites for hydroxylation is 1. The van der Waals surface area contributed by atoms with Crippen molar-refractivity contribution in [3.63, 3.8) is 0 Å². The van der Waals surface area contributed by atoms with Crippen molar-refractivity contribution in [2.75, 3.05) is 26.2 Å². The summed E-state index contributed by atoms with van der Waals surface area (Å²) in [6.45, 7) is 6.20. The van der Waals surface area contributed by atoms with E-state index >= 15 is 0 Å². The molecule has 116 valence electrons. The van der Waals surface area contributed by atoms with E-state index in [1.807, 2.05) is 0 Å². The fourth-order valence-corrected chi connectivity index (χ4v) is 2.96. The molecule has 0 spiro atoms. The number of hydrogen-bond donors (Lipinski definition) is 1. The van der Waals surface area contributed by atoms with Crippen LogP contribution in [0.5, 0.6) is 0 Å². The first kappa shape index (κ1) is 16.0. The third kappa shape index (κ3) is 5.50. The molecule has 1 heterocycles. The Kier molecular flexibility index (Phi) is 6.74. The molecule has 21 heavy (non-hydrogen) atoms. The van der Waals surface area contributed by atoms with E-state index in [0.29, 0.717) is 0 Å². The number of amides is 1. The van der Waals surface area contributed by atoms with E-state index in [2.05, 4.69) is 47.5 Å². The summed E-state index contributed by atoms with van der Waals surface area (Å²) in [5, 5.41) is 3.02. The van der Waals surface area contributed by atoms with Crippen LogP contribution in [0.15, 0.2) is 30.3 Å². The Labute approximate surface area is 128 Å². The first-order chi connectivity index (χ1) is 10.3. The fraction of sp³-hybridized carbons (Fsp3) is 0.611. The van der Waals surface area contributed by atoms with Crippen molar-refractivity contribution in [1.29, 1.82) is 0 Å². The molecular weight excluding hydrogens is 260 g/mol. The molecule has 1 aliphatic rings. The molecule has 0 aromatic heterocycles. The highest BCUT2D eigenvalue weighted by Gasteiger charge is 2.24. The highest BCUT2D eigenvalue weighted by Crippen LogP contribution is 2.17. The minimum atomic E-state index is 0.238. The maximum absolute atomic E-state index is 11.9. The number of rotatable bonds is 7. The lowest BCUT2D eigenvalue weighted by Crippen LogP contribution is -2.41. The lowest BCUT2D eigenvalue weighted by Gasteiger charge is -2.31. The summed E-state index contributed by atoms with van der Waals surface area (Å²) in [5.41, 5.74) is 1.42. The van der Waals surface area contributed by atoms with Gasteiger partial charge in [-0.05, 0) is 57.3 Å². The monoisotopic (exact) mass is 288 g/mol. The highest BCUT2D eigenvalue weighted by atomic mass is 16.1. The minimum Gasteiger partial charge on any atom is -0.356 e. The number of carbonyl (C=O) groups excluding carboxylic acids is 1. The van der Waals surface area contributed by atoms with Crippen LogP contribution in [0.2, 0.25) is 0 Å². The van der Waals surface area contributed by atoms with E-state index in [0.717, 1.165) is 51.9 Å². The Hall–Kier alpha value is -1.35. The second-order valence-electron chi connectivity index (χ2n) is 6.00. The van der Waals surface area contributed by atoms with Crippen molar-refractivity contribution in [2.45, 2.75) is 39.0 Å². The molecule has 1 N–H and O–H groups in total. The van der Waals surface area contributed by atoms with Crippen LogP contribution in [0.25, 0.3) is 0 Å². The molecule has 0 atom stereocenters. The molecule has 0 aliphatic carbocycles. The van der Waals surface area contributed by atoms with Gasteiger partial charge in [0.05, 0.1) is 0 Å². The van der Waals surface area contributed by atoms with Crippen LogP contribution in [0.1, 0.15) is 38.2 Å². The van der Waals surface area contributed by atoms with Crippen molar-refractivity contribution in [3.05, 3.63) is 35.9 Å². The zero-order chi connectivity index (χ0) is 14.9. The number of piperidine rings is 1. The second kappa shape index (κ2) is 8.83. The topological polar surface area (TPSA) is 32.3 Å². The van der Waals surface area contributed by atoms with Crippen molar-refractivity contribution >= 4 is 5.91 Å². The van der Waals surface area contributed by atoms with Gasteiger partial charge in [0, 0.05) is 12.5 Å². The third-order valence-corrected chi connectivity index (χ3v) is 4.29. The molecule has 1 fully saturated rings. The Balaban J connectivity index is 1.62. The normalized spacial score (nSPS) is 16.8. The zero-order valence-electron chi connectivity index (χ0n) is 13.2. The molecule has 1 aliphatic heterocycles. The van der Waals surface area contributed by atoms with Crippen molar-refractivity contribution < 1.29 is 4.79 Å². The molecule has 3 nitrogen and oxygen atoms in total. The van der Waals surface area contributed by atoms with Gasteiger partial charge in [-0.25, -0.2) is 0 Å². The predicted molar refractivity (Wildman–Crippen MR) is 87.2 cm³/mol. The average Bonchev–Trinajstić information content (AvgIpc) is 2.54. The second-order valence-corrected chi connectivity index (χ2v) is 6.00. The smallest absolute Gasteiger partial charge is 0.223 e. The lowest BCUT2D eigenvalue weighted by atomic mass is 9.95. The first-order valence-electron chi connectivity index (χ1n) is 8.33. The van der Waals surface area contributed by atoms with Crippen LogP contribution in [0.3, 0.4) is 0 Å². The van der Waals surface area contributed by atoms with E-state index in [4.69, 9.17) is 0 Å². The van der Waals surface area contributed by atoms with Crippen LogP contribution in [0.4, 0.5) is 0 Å². The van der Waals surface area contributed by atoms with Gasteiger partial charge in [0.25, 0.3) is 0 Å². The Morgan fingerprint density at radius 2 is 1.95 bits per heavy atom. The molecule has 1 aromatic rings. The molecule has 1 saturated heterocycles. The van der Waals surface area contributed by atoms with Gasteiger partial charge in [-0.2, -0.15) is 0 Å². The van der Waals surface area contributed by atoms with Gasteiger partial charge in [0.1, 0.15) is 0 Å². The Bertz CT molecular complexity index is 410. The average molecular weight is 288 g/mol. The van der Waals surface area contributed by atoms with E-state index in [1.54, 1.807) is 0 Å². The van der Waals surface area contributed by atoms with Crippen LogP contribution in [-0.2, 0) is 11.2 Å². The Morgan fingerprint density at radius 1 is 1.24 bits per heavy atom. The molecule has 0 saturated carbocycles. The molecule has 1 amide bonds. The summed E-state index contributed by atoms with van der Waals surface area (Å²) < 4.78 is 0. The van der Waals surface area contributed by atoms with Crippen molar-refractivity contribution in [3.8, 4) is 0 Å². The number of hydrogen-bond acceptors (Lipinski definition) is 2. The van der Waals surface area contributed by atoms with E-state index < -0.39 is 0 Å². The summed E-state index contributed by atoms with van der Waals surface area (Å²) in [5.74, 6) is 0.503. The number of nitrogens with zero attached hydrogens (tertiary/aromatic N) is 1. The molecule has 2 rings (SSSR count). The quantitative estimate of drug-likeness (QED) is 0.837. The molecule has 1 aromatic carbocycles. The van der Waals surface area contributed by atoms with E-state index in [9.17, 15) is 4.79 Å². The van der Waals surface area contributed by atoms with Gasteiger partial charge in [0.15, 0.2) is 0 Å². The number of nitrogens with one attached hydrogen (secondary N) is 1. The van der Waals surface area contributed by atoms with Gasteiger partial charge in [-0.15, -0.1) is 0 Å². The van der Waals surface area contributed by atoms with Crippen LogP contribution < -0.4 is 5.32 Å². The molecular formula is C18H28N2O. The SMILES string of the molecule is CCCNC(=O)C1CCN(CCCc2ccccc2)CC1. The first-order valence-corrected chi connectivity index (χ1v) is 8.33. The molecule has 3 heteroatoms. The van der Waals surface area contributed by atoms with Gasteiger partial charge in [-0.3, -0.25) is 4.79 Å². The zero-order valence-corrected chi connectivity index (χ0v) is 13.2. The van der Waals surface area contributed by atoms with Crippen LogP contribution in [0, 0.1) is 5.92 Å². The van der Waals surface area contributed by atoms with Gasteiger partial charge in [0.2, 0.25) is 5.91 Å². The standard InChI is InChI=1S/C18H28N2O/c1-2-12-19-18(21)17-10-14-20(15-11-17)13-6-9-16-7-4-3-5-8-16/h3-5,7-8,17H,2,6,9-15H2,1H3,(H,19,21). The predicted octanol–water partition coefficient (Wildman–Crippen LogP) is 2.86. The van der Waals surface area contributed by atoms with Gasteiger partial charge >= 0.3 is 0 Å². The number of likely N-dealkylation sites (tertiary alicyclic amines) is 1. The minimum absolute atomic E-state index is 0.238. The van der Waals surface area contributed by atoms with E-state index in [-0.39, 0.29) is 11.8 Å².